The summed E-state index contributed by atoms with van der Waals surface area (Å²) in [5, 5.41) is 11.5. The molecule has 0 unspecified atom stereocenters. The first-order valence-electron chi connectivity index (χ1n) is 20.9. The van der Waals surface area contributed by atoms with Crippen molar-refractivity contribution in [3.63, 3.8) is 0 Å². The Balaban J connectivity index is 1.46. The zero-order valence-corrected chi connectivity index (χ0v) is 32.3. The molecule has 0 aliphatic rings. The molecule has 0 radical (unpaired) electrons. The summed E-state index contributed by atoms with van der Waals surface area (Å²) >= 11 is 0. The highest BCUT2D eigenvalue weighted by Crippen LogP contribution is 2.40. The highest BCUT2D eigenvalue weighted by Gasteiger charge is 2.39. The van der Waals surface area contributed by atoms with Gasteiger partial charge in [0, 0.05) is 6.61 Å². The minimum atomic E-state index is -0.832. The van der Waals surface area contributed by atoms with Crippen LogP contribution >= 0.6 is 0 Å². The third-order valence-corrected chi connectivity index (χ3v) is 10.4. The van der Waals surface area contributed by atoms with Crippen molar-refractivity contribution in [2.24, 2.45) is 0 Å². The number of aliphatic hydroxyl groups is 1. The molecule has 3 heteroatoms. The molecule has 0 spiro atoms. The lowest BCUT2D eigenvalue weighted by Crippen LogP contribution is -2.40. The van der Waals surface area contributed by atoms with Gasteiger partial charge in [-0.05, 0) is 42.4 Å². The summed E-state index contributed by atoms with van der Waals surface area (Å²) in [4.78, 5) is 0. The molecule has 0 amide bonds. The molecule has 0 fully saturated rings. The van der Waals surface area contributed by atoms with Crippen LogP contribution in [0.15, 0.2) is 104 Å². The lowest BCUT2D eigenvalue weighted by molar-refractivity contribution is -0.110. The van der Waals surface area contributed by atoms with E-state index in [-0.39, 0.29) is 0 Å². The normalized spacial score (nSPS) is 12.9. The van der Waals surface area contributed by atoms with Crippen LogP contribution in [-0.4, -0.2) is 30.5 Å². The van der Waals surface area contributed by atoms with Crippen molar-refractivity contribution in [2.45, 2.75) is 166 Å². The van der Waals surface area contributed by atoms with E-state index in [4.69, 9.17) is 9.47 Å². The van der Waals surface area contributed by atoms with Gasteiger partial charge in [-0.2, -0.15) is 0 Å². The highest BCUT2D eigenvalue weighted by atomic mass is 16.6. The topological polar surface area (TPSA) is 38.7 Å². The van der Waals surface area contributed by atoms with Crippen LogP contribution in [0.3, 0.4) is 0 Å². The largest absolute Gasteiger partial charge is 0.390 e. The van der Waals surface area contributed by atoms with Crippen LogP contribution in [0.1, 0.15) is 165 Å². The van der Waals surface area contributed by atoms with E-state index in [1.807, 2.05) is 24.3 Å². The Morgan fingerprint density at radius 1 is 0.549 bits per heavy atom. The molecule has 3 aromatic rings. The van der Waals surface area contributed by atoms with Crippen LogP contribution in [0.4, 0.5) is 0 Å². The molecule has 3 nitrogen and oxygen atoms in total. The van der Waals surface area contributed by atoms with E-state index in [0.717, 1.165) is 55.2 Å². The third-order valence-electron chi connectivity index (χ3n) is 10.4. The Kier molecular flexibility index (Phi) is 23.3. The lowest BCUT2D eigenvalue weighted by atomic mass is 9.80. The Morgan fingerprint density at radius 2 is 0.941 bits per heavy atom. The van der Waals surface area contributed by atoms with Gasteiger partial charge in [-0.25, -0.2) is 0 Å². The van der Waals surface area contributed by atoms with E-state index in [1.165, 1.54) is 103 Å². The fourth-order valence-electron chi connectivity index (χ4n) is 7.31. The zero-order valence-electron chi connectivity index (χ0n) is 32.3. The standard InChI is InChI=1S/C48H72O3/c1-3-5-7-9-10-11-12-13-14-15-16-17-18-19-20-21-22-32-40-46(49)47(50-41-33-8-6-4-2)42-51-48(43-34-26-23-27-35-43,44-36-28-24-29-37-44)45-38-30-25-31-39-45/h4,23-31,34-39,46-47,49H,2-3,5-22,32-33,40-42H2,1H3/t46-,47+/m1/s1. The molecule has 0 bridgehead atoms. The maximum atomic E-state index is 11.5. The number of benzene rings is 3. The number of aliphatic hydroxyl groups excluding tert-OH is 1. The molecule has 1 N–H and O–H groups in total. The summed E-state index contributed by atoms with van der Waals surface area (Å²) in [6.07, 6.45) is 29.1. The predicted molar refractivity (Wildman–Crippen MR) is 218 cm³/mol. The van der Waals surface area contributed by atoms with Gasteiger partial charge in [0.15, 0.2) is 0 Å². The molecule has 0 heterocycles. The highest BCUT2D eigenvalue weighted by molar-refractivity contribution is 5.47. The van der Waals surface area contributed by atoms with Crippen LogP contribution in [-0.2, 0) is 15.1 Å². The van der Waals surface area contributed by atoms with Crippen molar-refractivity contribution in [3.8, 4) is 0 Å². The molecule has 0 aliphatic heterocycles. The number of allylic oxidation sites excluding steroid dienone is 1. The van der Waals surface area contributed by atoms with Crippen LogP contribution in [0, 0.1) is 0 Å². The van der Waals surface area contributed by atoms with E-state index in [1.54, 1.807) is 0 Å². The third kappa shape index (κ3) is 16.7. The molecule has 0 saturated carbocycles. The number of unbranched alkanes of at least 4 members (excludes halogenated alkanes) is 19. The molecule has 282 valence electrons. The van der Waals surface area contributed by atoms with Crippen molar-refractivity contribution in [3.05, 3.63) is 120 Å². The molecule has 51 heavy (non-hydrogen) atoms. The maximum absolute atomic E-state index is 11.5. The summed E-state index contributed by atoms with van der Waals surface area (Å²) in [5.74, 6) is 0. The fourth-order valence-corrected chi connectivity index (χ4v) is 7.31. The second kappa shape index (κ2) is 27.9. The molecule has 2 atom stereocenters. The first kappa shape index (κ1) is 42.7. The smallest absolute Gasteiger partial charge is 0.143 e. The van der Waals surface area contributed by atoms with Gasteiger partial charge < -0.3 is 14.6 Å². The van der Waals surface area contributed by atoms with E-state index in [9.17, 15) is 5.11 Å². The average Bonchev–Trinajstić information content (AvgIpc) is 3.18. The number of ether oxygens (including phenoxy) is 2. The fraction of sp³-hybridized carbons (Fsp3) is 0.583. The minimum Gasteiger partial charge on any atom is -0.390 e. The van der Waals surface area contributed by atoms with Gasteiger partial charge >= 0.3 is 0 Å². The SMILES string of the molecule is C=CCCCCO[C@@H](COC(c1ccccc1)(c1ccccc1)c1ccccc1)[C@H](O)CCCCCCCCCCCCCCCCCCCC. The molecule has 3 aromatic carbocycles. The van der Waals surface area contributed by atoms with Gasteiger partial charge in [0.05, 0.1) is 12.7 Å². The van der Waals surface area contributed by atoms with Crippen molar-refractivity contribution in [2.75, 3.05) is 13.2 Å². The van der Waals surface area contributed by atoms with Crippen LogP contribution < -0.4 is 0 Å². The Hall–Kier alpha value is -2.72. The monoisotopic (exact) mass is 697 g/mol. The van der Waals surface area contributed by atoms with Crippen molar-refractivity contribution in [1.82, 2.24) is 0 Å². The van der Waals surface area contributed by atoms with Gasteiger partial charge in [0.25, 0.3) is 0 Å². The number of hydrogen-bond donors (Lipinski definition) is 1. The zero-order chi connectivity index (χ0) is 36.1. The summed E-state index contributed by atoms with van der Waals surface area (Å²) in [6, 6.07) is 31.4. The van der Waals surface area contributed by atoms with Crippen LogP contribution in [0.25, 0.3) is 0 Å². The maximum Gasteiger partial charge on any atom is 0.143 e. The molecule has 0 saturated heterocycles. The Labute approximate surface area is 313 Å². The van der Waals surface area contributed by atoms with Crippen molar-refractivity contribution in [1.29, 1.82) is 0 Å². The van der Waals surface area contributed by atoms with Gasteiger partial charge in [0.1, 0.15) is 11.7 Å². The molecule has 0 aliphatic carbocycles. The van der Waals surface area contributed by atoms with Crippen molar-refractivity contribution < 1.29 is 14.6 Å². The Morgan fingerprint density at radius 3 is 1.33 bits per heavy atom. The van der Waals surface area contributed by atoms with E-state index >= 15 is 0 Å². The Bertz CT molecular complexity index is 1110. The molecular weight excluding hydrogens is 625 g/mol. The quantitative estimate of drug-likeness (QED) is 0.0401. The predicted octanol–water partition coefficient (Wildman–Crippen LogP) is 13.5. The van der Waals surface area contributed by atoms with E-state index in [2.05, 4.69) is 86.3 Å². The summed E-state index contributed by atoms with van der Waals surface area (Å²) < 4.78 is 13.5. The molecule has 0 aromatic heterocycles. The van der Waals surface area contributed by atoms with E-state index < -0.39 is 17.8 Å². The second-order valence-electron chi connectivity index (χ2n) is 14.7. The lowest BCUT2D eigenvalue weighted by Gasteiger charge is -2.37. The average molecular weight is 697 g/mol. The number of rotatable bonds is 32. The van der Waals surface area contributed by atoms with Gasteiger partial charge in [-0.1, -0.05) is 220 Å². The van der Waals surface area contributed by atoms with Gasteiger partial charge in [0.2, 0.25) is 0 Å². The first-order valence-corrected chi connectivity index (χ1v) is 20.9. The minimum absolute atomic E-state index is 0.292. The summed E-state index contributed by atoms with van der Waals surface area (Å²) in [6.45, 7) is 7.05. The summed E-state index contributed by atoms with van der Waals surface area (Å²) in [7, 11) is 0. The van der Waals surface area contributed by atoms with Crippen molar-refractivity contribution >= 4 is 0 Å². The first-order chi connectivity index (χ1) is 25.2. The molecular formula is C48H72O3. The van der Waals surface area contributed by atoms with E-state index in [0.29, 0.717) is 13.2 Å². The summed E-state index contributed by atoms with van der Waals surface area (Å²) in [5.41, 5.74) is 2.35. The van der Waals surface area contributed by atoms with Crippen LogP contribution in [0.5, 0.6) is 0 Å². The van der Waals surface area contributed by atoms with Gasteiger partial charge in [-0.3, -0.25) is 0 Å². The van der Waals surface area contributed by atoms with Crippen LogP contribution in [0.2, 0.25) is 0 Å². The van der Waals surface area contributed by atoms with Gasteiger partial charge in [-0.15, -0.1) is 6.58 Å². The number of hydrogen-bond acceptors (Lipinski definition) is 3. The second-order valence-corrected chi connectivity index (χ2v) is 14.7. The molecule has 3 rings (SSSR count).